The van der Waals surface area contributed by atoms with Gasteiger partial charge in [0.05, 0.1) is 29.0 Å². The maximum Gasteiger partial charge on any atom is 0.514 e. The molecule has 0 saturated carbocycles. The van der Waals surface area contributed by atoms with Crippen LogP contribution in [0.4, 0.5) is 10.5 Å². The smallest absolute Gasteiger partial charge is 0.458 e. The standard InChI is InChI=1S/C49H51N5O11/c1-6-33-34-22-32(17-18-38(34)53-43-35(33)24-54-40(43)23-37-36(46(54)59)26-63-47(60)49(37,62)7-2)65-48(61)64-25-30-13-15-31(16-14-30)51-44(57)28(5)50-45(58)39(21-29-11-9-8-10-12-29)52-42(56)20-19-41(55)27(3)4/h8-18,22-23,27-28,39,62H,6-7,19-21,24-26H2,1-5H3,(H,50,58)(H,51,57)(H,52,56)/t28-,39-,49-/m0/s1. The number of hydrogen-bond donors (Lipinski definition) is 4. The van der Waals surface area contributed by atoms with E-state index in [2.05, 4.69) is 16.0 Å². The van der Waals surface area contributed by atoms with Gasteiger partial charge in [0.15, 0.2) is 5.60 Å². The van der Waals surface area contributed by atoms with Crippen molar-refractivity contribution in [1.29, 1.82) is 0 Å². The third-order valence-electron chi connectivity index (χ3n) is 11.8. The average molecular weight is 886 g/mol. The number of esters is 1. The molecule has 7 rings (SSSR count). The second kappa shape index (κ2) is 19.3. The predicted octanol–water partition coefficient (Wildman–Crippen LogP) is 5.53. The van der Waals surface area contributed by atoms with Crippen molar-refractivity contribution < 1.29 is 48.1 Å². The number of carbonyl (C=O) groups is 6. The van der Waals surface area contributed by atoms with Gasteiger partial charge in [-0.25, -0.2) is 14.6 Å². The molecular weight excluding hydrogens is 835 g/mol. The molecule has 2 aliphatic heterocycles. The summed E-state index contributed by atoms with van der Waals surface area (Å²) in [7, 11) is 0. The van der Waals surface area contributed by atoms with Gasteiger partial charge in [-0.3, -0.25) is 24.0 Å². The molecule has 4 N–H and O–H groups in total. The fraction of sp³-hybridized carbons (Fsp3) is 0.347. The number of pyridine rings is 2. The van der Waals surface area contributed by atoms with E-state index in [-0.39, 0.29) is 79.6 Å². The van der Waals surface area contributed by atoms with Crippen LogP contribution in [0.5, 0.6) is 5.75 Å². The van der Waals surface area contributed by atoms with E-state index in [1.54, 1.807) is 73.9 Å². The molecule has 2 aliphatic rings. The Kier molecular flexibility index (Phi) is 13.6. The summed E-state index contributed by atoms with van der Waals surface area (Å²) in [6.45, 7) is 8.54. The van der Waals surface area contributed by atoms with E-state index in [1.807, 2.05) is 37.3 Å². The molecule has 0 spiro atoms. The quantitative estimate of drug-likeness (QED) is 0.0696. The number of cyclic esters (lactones) is 1. The van der Waals surface area contributed by atoms with Crippen LogP contribution in [0.1, 0.15) is 87.3 Å². The Bertz CT molecular complexity index is 2750. The Hall–Kier alpha value is -7.20. The van der Waals surface area contributed by atoms with Crippen LogP contribution in [0.15, 0.2) is 83.7 Å². The first-order valence-electron chi connectivity index (χ1n) is 21.6. The number of benzene rings is 3. The number of aromatic nitrogens is 2. The molecule has 0 fully saturated rings. The fourth-order valence-electron chi connectivity index (χ4n) is 8.04. The highest BCUT2D eigenvalue weighted by molar-refractivity contribution is 5.98. The van der Waals surface area contributed by atoms with Crippen LogP contribution in [0, 0.1) is 5.92 Å². The number of fused-ring (bicyclic) bond motifs is 5. The molecule has 65 heavy (non-hydrogen) atoms. The zero-order valence-corrected chi connectivity index (χ0v) is 36.8. The van der Waals surface area contributed by atoms with Gasteiger partial charge in [0.1, 0.15) is 36.8 Å². The number of ether oxygens (including phenoxy) is 3. The van der Waals surface area contributed by atoms with E-state index in [0.717, 1.165) is 22.1 Å². The third-order valence-corrected chi connectivity index (χ3v) is 11.8. The molecule has 338 valence electrons. The molecule has 5 aromatic rings. The molecule has 16 nitrogen and oxygen atoms in total. The summed E-state index contributed by atoms with van der Waals surface area (Å²) >= 11 is 0. The van der Waals surface area contributed by atoms with Crippen molar-refractivity contribution in [2.24, 2.45) is 5.92 Å². The highest BCUT2D eigenvalue weighted by Crippen LogP contribution is 2.41. The van der Waals surface area contributed by atoms with Gasteiger partial charge in [-0.2, -0.15) is 0 Å². The third kappa shape index (κ3) is 9.82. The second-order valence-electron chi connectivity index (χ2n) is 16.5. The van der Waals surface area contributed by atoms with Crippen LogP contribution in [0.2, 0.25) is 0 Å². The molecule has 0 unspecified atom stereocenters. The lowest BCUT2D eigenvalue weighted by Gasteiger charge is -2.31. The van der Waals surface area contributed by atoms with Crippen molar-refractivity contribution in [3.63, 3.8) is 0 Å². The van der Waals surface area contributed by atoms with Crippen LogP contribution in [-0.2, 0) is 71.6 Å². The van der Waals surface area contributed by atoms with E-state index in [4.69, 9.17) is 19.2 Å². The van der Waals surface area contributed by atoms with E-state index in [0.29, 0.717) is 34.6 Å². The van der Waals surface area contributed by atoms with Gasteiger partial charge in [-0.15, -0.1) is 0 Å². The molecule has 0 aliphatic carbocycles. The van der Waals surface area contributed by atoms with Crippen LogP contribution in [-0.4, -0.2) is 62.4 Å². The van der Waals surface area contributed by atoms with Gasteiger partial charge in [-0.05, 0) is 72.9 Å². The molecule has 0 saturated heterocycles. The summed E-state index contributed by atoms with van der Waals surface area (Å²) in [5.74, 6) is -2.33. The number of aliphatic hydroxyl groups is 1. The van der Waals surface area contributed by atoms with E-state index < -0.39 is 47.5 Å². The number of rotatable bonds is 16. The lowest BCUT2D eigenvalue weighted by Crippen LogP contribution is -2.52. The van der Waals surface area contributed by atoms with Gasteiger partial charge in [0.2, 0.25) is 17.7 Å². The summed E-state index contributed by atoms with van der Waals surface area (Å²) < 4.78 is 17.7. The second-order valence-corrected chi connectivity index (χ2v) is 16.5. The first kappa shape index (κ1) is 45.8. The lowest BCUT2D eigenvalue weighted by molar-refractivity contribution is -0.172. The van der Waals surface area contributed by atoms with Crippen LogP contribution >= 0.6 is 0 Å². The van der Waals surface area contributed by atoms with E-state index >= 15 is 0 Å². The highest BCUT2D eigenvalue weighted by atomic mass is 16.7. The normalized spacial score (nSPS) is 15.8. The van der Waals surface area contributed by atoms with Crippen molar-refractivity contribution >= 4 is 52.2 Å². The minimum Gasteiger partial charge on any atom is -0.458 e. The van der Waals surface area contributed by atoms with Gasteiger partial charge < -0.3 is 39.8 Å². The zero-order chi connectivity index (χ0) is 46.6. The molecule has 2 aromatic heterocycles. The van der Waals surface area contributed by atoms with Gasteiger partial charge in [0, 0.05) is 47.4 Å². The van der Waals surface area contributed by atoms with Crippen molar-refractivity contribution in [3.05, 3.63) is 123 Å². The Morgan fingerprint density at radius 1 is 0.877 bits per heavy atom. The number of Topliss-reactive ketones (excluding diaryl/α,β-unsaturated/α-hetero) is 1. The summed E-state index contributed by atoms with van der Waals surface area (Å²) in [4.78, 5) is 95.3. The van der Waals surface area contributed by atoms with Gasteiger partial charge in [0.25, 0.3) is 5.56 Å². The number of aryl methyl sites for hydroxylation is 1. The van der Waals surface area contributed by atoms with Crippen molar-refractivity contribution in [3.8, 4) is 17.1 Å². The van der Waals surface area contributed by atoms with Gasteiger partial charge >= 0.3 is 12.1 Å². The Balaban J connectivity index is 0.945. The van der Waals surface area contributed by atoms with Crippen molar-refractivity contribution in [2.45, 2.75) is 104 Å². The maximum absolute atomic E-state index is 13.7. The molecule has 3 aromatic carbocycles. The Morgan fingerprint density at radius 3 is 2.31 bits per heavy atom. The van der Waals surface area contributed by atoms with Gasteiger partial charge in [-0.1, -0.05) is 70.2 Å². The minimum atomic E-state index is -1.94. The minimum absolute atomic E-state index is 0.0365. The number of hydrogen-bond acceptors (Lipinski definition) is 12. The van der Waals surface area contributed by atoms with E-state index in [9.17, 15) is 38.7 Å². The summed E-state index contributed by atoms with van der Waals surface area (Å²) in [5, 5.41) is 20.1. The summed E-state index contributed by atoms with van der Waals surface area (Å²) in [5.41, 5.74) is 3.39. The number of nitrogens with zero attached hydrogens (tertiary/aromatic N) is 2. The van der Waals surface area contributed by atoms with E-state index in [1.165, 1.54) is 6.92 Å². The average Bonchev–Trinajstić information content (AvgIpc) is 3.66. The number of amides is 3. The molecule has 0 bridgehead atoms. The predicted molar refractivity (Wildman–Crippen MR) is 239 cm³/mol. The molecule has 16 heteroatoms. The highest BCUT2D eigenvalue weighted by Gasteiger charge is 2.45. The van der Waals surface area contributed by atoms with Crippen LogP contribution in [0.25, 0.3) is 22.3 Å². The number of anilines is 1. The first-order valence-corrected chi connectivity index (χ1v) is 21.6. The fourth-order valence-corrected chi connectivity index (χ4v) is 8.04. The van der Waals surface area contributed by atoms with Crippen molar-refractivity contribution in [2.75, 3.05) is 5.32 Å². The Labute approximate surface area is 374 Å². The molecule has 3 atom stereocenters. The van der Waals surface area contributed by atoms with Crippen molar-refractivity contribution in [1.82, 2.24) is 20.2 Å². The molecule has 4 heterocycles. The number of carbonyl (C=O) groups excluding carboxylic acids is 6. The monoisotopic (exact) mass is 885 g/mol. The molecule has 3 amide bonds. The van der Waals surface area contributed by atoms with Crippen LogP contribution in [0.3, 0.4) is 0 Å². The molecule has 0 radical (unpaired) electrons. The SMILES string of the molecule is CCc1c2c(nc3ccc(OC(=O)OCc4ccc(NC(=O)[C@H](C)NC(=O)[C@H](Cc5ccccc5)NC(=O)CCC(=O)C(C)C)cc4)cc13)-c1cc3c(c(=O)n1C2)COC(=O)[C@]3(O)CC. The largest absolute Gasteiger partial charge is 0.514 e. The maximum atomic E-state index is 13.7. The topological polar surface area (TPSA) is 221 Å². The number of nitrogens with one attached hydrogen (secondary N) is 3. The first-order chi connectivity index (χ1) is 31.1. The zero-order valence-electron chi connectivity index (χ0n) is 36.8. The number of ketones is 1. The lowest BCUT2D eigenvalue weighted by atomic mass is 9.86. The molecular formula is C49H51N5O11. The van der Waals surface area contributed by atoms with Crippen LogP contribution < -0.4 is 26.2 Å². The Morgan fingerprint density at radius 2 is 1.62 bits per heavy atom. The summed E-state index contributed by atoms with van der Waals surface area (Å²) in [6.07, 6.45) is -0.159. The summed E-state index contributed by atoms with van der Waals surface area (Å²) in [6, 6.07) is 20.4.